The van der Waals surface area contributed by atoms with Gasteiger partial charge in [-0.25, -0.2) is 0 Å². The monoisotopic (exact) mass is 294 g/mol. The minimum Gasteiger partial charge on any atom is -0.467 e. The Hall–Kier alpha value is -1.63. The average molecular weight is 294 g/mol. The molecule has 2 N–H and O–H groups in total. The van der Waals surface area contributed by atoms with Crippen LogP contribution in [0.5, 0.6) is 6.01 Å². The maximum absolute atomic E-state index is 5.13. The summed E-state index contributed by atoms with van der Waals surface area (Å²) in [5, 5.41) is 6.45. The lowest BCUT2D eigenvalue weighted by atomic mass is 9.96. The maximum Gasteiger partial charge on any atom is 0.322 e. The fraction of sp³-hybridized carbons (Fsp3) is 0.786. The van der Waals surface area contributed by atoms with E-state index in [9.17, 15) is 0 Å². The zero-order chi connectivity index (χ0) is 15.3. The summed E-state index contributed by atoms with van der Waals surface area (Å²) in [5.74, 6) is 1.10. The third kappa shape index (κ3) is 3.72. The van der Waals surface area contributed by atoms with Crippen molar-refractivity contribution in [2.45, 2.75) is 38.1 Å². The summed E-state index contributed by atoms with van der Waals surface area (Å²) in [7, 11) is 5.85. The molecule has 1 fully saturated rings. The second-order valence-corrected chi connectivity index (χ2v) is 5.68. The van der Waals surface area contributed by atoms with Gasteiger partial charge < -0.3 is 20.3 Å². The minimum atomic E-state index is 0.193. The van der Waals surface area contributed by atoms with E-state index in [0.29, 0.717) is 17.9 Å². The van der Waals surface area contributed by atoms with E-state index in [4.69, 9.17) is 4.74 Å². The molecule has 0 atom stereocenters. The zero-order valence-electron chi connectivity index (χ0n) is 13.4. The van der Waals surface area contributed by atoms with Crippen molar-refractivity contribution in [3.63, 3.8) is 0 Å². The van der Waals surface area contributed by atoms with E-state index in [1.165, 1.54) is 25.7 Å². The highest BCUT2D eigenvalue weighted by atomic mass is 16.5. The fourth-order valence-corrected chi connectivity index (χ4v) is 2.82. The molecule has 0 spiro atoms. The number of nitrogens with zero attached hydrogens (tertiary/aromatic N) is 4. The van der Waals surface area contributed by atoms with E-state index in [-0.39, 0.29) is 5.54 Å². The molecule has 1 aliphatic carbocycles. The van der Waals surface area contributed by atoms with Gasteiger partial charge in [0.15, 0.2) is 0 Å². The number of methoxy groups -OCH3 is 1. The summed E-state index contributed by atoms with van der Waals surface area (Å²) < 4.78 is 5.13. The van der Waals surface area contributed by atoms with Crippen molar-refractivity contribution in [3.05, 3.63) is 0 Å². The number of anilines is 2. The van der Waals surface area contributed by atoms with Crippen molar-refractivity contribution in [1.82, 2.24) is 19.9 Å². The first kappa shape index (κ1) is 15.8. The molecule has 2 rings (SSSR count). The summed E-state index contributed by atoms with van der Waals surface area (Å²) in [6.07, 6.45) is 4.97. The largest absolute Gasteiger partial charge is 0.467 e. The molecular weight excluding hydrogens is 268 g/mol. The van der Waals surface area contributed by atoms with E-state index >= 15 is 0 Å². The molecule has 0 bridgehead atoms. The van der Waals surface area contributed by atoms with Gasteiger partial charge in [-0.15, -0.1) is 0 Å². The zero-order valence-corrected chi connectivity index (χ0v) is 13.4. The lowest BCUT2D eigenvalue weighted by Gasteiger charge is -2.36. The Balaban J connectivity index is 2.09. The molecular formula is C14H26N6O. The van der Waals surface area contributed by atoms with Crippen LogP contribution in [0.3, 0.4) is 0 Å². The number of nitrogens with one attached hydrogen (secondary N) is 2. The van der Waals surface area contributed by atoms with Gasteiger partial charge in [-0.05, 0) is 33.9 Å². The van der Waals surface area contributed by atoms with Gasteiger partial charge in [0.2, 0.25) is 11.9 Å². The standard InChI is InChI=1S/C14H26N6O/c1-5-15-11-17-12(19-13(18-11)21-4)16-10-14(20(2)3)8-6-7-9-14/h5-10H2,1-4H3,(H2,15,16,17,18,19). The molecule has 0 aromatic carbocycles. The van der Waals surface area contributed by atoms with E-state index in [1.807, 2.05) is 6.92 Å². The topological polar surface area (TPSA) is 75.2 Å². The van der Waals surface area contributed by atoms with Crippen LogP contribution in [0.15, 0.2) is 0 Å². The van der Waals surface area contributed by atoms with Gasteiger partial charge in [0.05, 0.1) is 7.11 Å². The molecule has 0 amide bonds. The lowest BCUT2D eigenvalue weighted by Crippen LogP contribution is -2.47. The smallest absolute Gasteiger partial charge is 0.322 e. The predicted molar refractivity (Wildman–Crippen MR) is 83.9 cm³/mol. The van der Waals surface area contributed by atoms with E-state index < -0.39 is 0 Å². The first-order valence-corrected chi connectivity index (χ1v) is 7.55. The fourth-order valence-electron chi connectivity index (χ4n) is 2.82. The van der Waals surface area contributed by atoms with Gasteiger partial charge in [-0.2, -0.15) is 15.0 Å². The van der Waals surface area contributed by atoms with Crippen molar-refractivity contribution in [2.24, 2.45) is 0 Å². The molecule has 7 nitrogen and oxygen atoms in total. The van der Waals surface area contributed by atoms with Crippen LogP contribution in [0.2, 0.25) is 0 Å². The molecule has 1 aliphatic rings. The Morgan fingerprint density at radius 1 is 1.10 bits per heavy atom. The van der Waals surface area contributed by atoms with Crippen molar-refractivity contribution in [3.8, 4) is 6.01 Å². The number of rotatable bonds is 7. The Bertz CT molecular complexity index is 459. The van der Waals surface area contributed by atoms with Gasteiger partial charge in [-0.3, -0.25) is 0 Å². The van der Waals surface area contributed by atoms with Gasteiger partial charge in [0.25, 0.3) is 0 Å². The van der Waals surface area contributed by atoms with Crippen LogP contribution >= 0.6 is 0 Å². The molecule has 21 heavy (non-hydrogen) atoms. The van der Waals surface area contributed by atoms with E-state index in [1.54, 1.807) is 7.11 Å². The van der Waals surface area contributed by atoms with Gasteiger partial charge in [-0.1, -0.05) is 12.8 Å². The molecule has 118 valence electrons. The molecule has 1 aromatic heterocycles. The molecule has 1 saturated carbocycles. The minimum absolute atomic E-state index is 0.193. The van der Waals surface area contributed by atoms with Crippen LogP contribution in [0, 0.1) is 0 Å². The van der Waals surface area contributed by atoms with E-state index in [2.05, 4.69) is 44.6 Å². The second-order valence-electron chi connectivity index (χ2n) is 5.68. The highest BCUT2D eigenvalue weighted by Crippen LogP contribution is 2.33. The third-order valence-electron chi connectivity index (χ3n) is 4.19. The quantitative estimate of drug-likeness (QED) is 0.791. The number of hydrogen-bond acceptors (Lipinski definition) is 7. The lowest BCUT2D eigenvalue weighted by molar-refractivity contribution is 0.172. The summed E-state index contributed by atoms with van der Waals surface area (Å²) in [4.78, 5) is 15.1. The normalized spacial score (nSPS) is 17.0. The number of likely N-dealkylation sites (N-methyl/N-ethyl adjacent to an activating group) is 1. The van der Waals surface area contributed by atoms with Crippen LogP contribution in [0.4, 0.5) is 11.9 Å². The van der Waals surface area contributed by atoms with Crippen LogP contribution in [0.25, 0.3) is 0 Å². The van der Waals surface area contributed by atoms with Crippen LogP contribution in [-0.4, -0.2) is 59.7 Å². The highest BCUT2D eigenvalue weighted by Gasteiger charge is 2.35. The van der Waals surface area contributed by atoms with Gasteiger partial charge in [0, 0.05) is 18.6 Å². The van der Waals surface area contributed by atoms with Gasteiger partial charge in [0.1, 0.15) is 0 Å². The molecule has 0 saturated heterocycles. The number of ether oxygens (including phenoxy) is 1. The molecule has 0 aliphatic heterocycles. The van der Waals surface area contributed by atoms with Crippen LogP contribution < -0.4 is 15.4 Å². The highest BCUT2D eigenvalue weighted by molar-refractivity contribution is 5.36. The predicted octanol–water partition coefficient (Wildman–Crippen LogP) is 1.60. The Labute approximate surface area is 126 Å². The van der Waals surface area contributed by atoms with Crippen LogP contribution in [-0.2, 0) is 0 Å². The summed E-state index contributed by atoms with van der Waals surface area (Å²) >= 11 is 0. The van der Waals surface area contributed by atoms with Crippen LogP contribution in [0.1, 0.15) is 32.6 Å². The molecule has 1 heterocycles. The number of hydrogen-bond donors (Lipinski definition) is 2. The SMILES string of the molecule is CCNc1nc(NCC2(N(C)C)CCCC2)nc(OC)n1. The Morgan fingerprint density at radius 2 is 1.71 bits per heavy atom. The third-order valence-corrected chi connectivity index (χ3v) is 4.19. The average Bonchev–Trinajstić information content (AvgIpc) is 2.95. The molecule has 0 radical (unpaired) electrons. The summed E-state index contributed by atoms with van der Waals surface area (Å²) in [6, 6.07) is 0.328. The van der Waals surface area contributed by atoms with Crippen molar-refractivity contribution >= 4 is 11.9 Å². The van der Waals surface area contributed by atoms with Crippen molar-refractivity contribution in [1.29, 1.82) is 0 Å². The molecule has 0 unspecified atom stereocenters. The van der Waals surface area contributed by atoms with Gasteiger partial charge >= 0.3 is 6.01 Å². The molecule has 7 heteroatoms. The first-order valence-electron chi connectivity index (χ1n) is 7.55. The summed E-state index contributed by atoms with van der Waals surface area (Å²) in [6.45, 7) is 3.59. The van der Waals surface area contributed by atoms with Crippen molar-refractivity contribution < 1.29 is 4.74 Å². The van der Waals surface area contributed by atoms with Crippen molar-refractivity contribution in [2.75, 3.05) is 44.9 Å². The maximum atomic E-state index is 5.13. The Kier molecular flexibility index (Phi) is 5.17. The second kappa shape index (κ2) is 6.89. The summed E-state index contributed by atoms with van der Waals surface area (Å²) in [5.41, 5.74) is 0.193. The number of aromatic nitrogens is 3. The first-order chi connectivity index (χ1) is 10.1. The Morgan fingerprint density at radius 3 is 2.24 bits per heavy atom. The van der Waals surface area contributed by atoms with E-state index in [0.717, 1.165) is 13.1 Å². The molecule has 1 aromatic rings.